The van der Waals surface area contributed by atoms with E-state index in [4.69, 9.17) is 0 Å². The number of amides is 3. The summed E-state index contributed by atoms with van der Waals surface area (Å²) in [5, 5.41) is 13.1. The topological polar surface area (TPSA) is 95.7 Å². The summed E-state index contributed by atoms with van der Waals surface area (Å²) in [7, 11) is 0. The van der Waals surface area contributed by atoms with Crippen LogP contribution in [0, 0.1) is 0 Å². The number of carboxylic acid groups (broad SMARTS) is 1. The lowest BCUT2D eigenvalue weighted by Crippen LogP contribution is -2.31. The largest absolute Gasteiger partial charge is 0.478 e. The van der Waals surface area contributed by atoms with Crippen molar-refractivity contribution in [3.05, 3.63) is 104 Å². The van der Waals surface area contributed by atoms with Crippen molar-refractivity contribution in [2.45, 2.75) is 45.8 Å². The molecule has 8 nitrogen and oxygen atoms in total. The Morgan fingerprint density at radius 3 is 2.21 bits per heavy atom. The summed E-state index contributed by atoms with van der Waals surface area (Å²) < 4.78 is 2.04. The van der Waals surface area contributed by atoms with Gasteiger partial charge >= 0.3 is 12.0 Å². The molecule has 0 spiro atoms. The monoisotopic (exact) mass is 560 g/mol. The second-order valence-corrected chi connectivity index (χ2v) is 11.3. The fourth-order valence-electron chi connectivity index (χ4n) is 4.47. The molecule has 0 radical (unpaired) electrons. The average molecular weight is 561 g/mol. The molecular weight excluding hydrogens is 532 g/mol. The number of aromatic carboxylic acids is 1. The lowest BCUT2D eigenvalue weighted by molar-refractivity contribution is -0.123. The van der Waals surface area contributed by atoms with Crippen molar-refractivity contribution in [1.82, 2.24) is 19.4 Å². The van der Waals surface area contributed by atoms with Crippen LogP contribution in [-0.4, -0.2) is 42.4 Å². The molecule has 4 heterocycles. The van der Waals surface area contributed by atoms with Crippen LogP contribution < -0.4 is 0 Å². The number of hydrogen-bond acceptors (Lipinski definition) is 6. The Hall–Kier alpha value is -4.02. The lowest BCUT2D eigenvalue weighted by Gasteiger charge is -2.16. The molecular formula is C29H28N4O4S2. The van der Waals surface area contributed by atoms with Gasteiger partial charge in [0.15, 0.2) is 0 Å². The number of unbranched alkanes of at least 4 members (excludes halogenated alkanes) is 1. The van der Waals surface area contributed by atoms with Gasteiger partial charge in [0.2, 0.25) is 0 Å². The summed E-state index contributed by atoms with van der Waals surface area (Å²) in [6.45, 7) is 3.12. The maximum Gasteiger partial charge on any atom is 0.335 e. The zero-order chi connectivity index (χ0) is 27.4. The number of aromatic nitrogens is 2. The molecule has 1 saturated heterocycles. The van der Waals surface area contributed by atoms with Crippen LogP contribution in [0.1, 0.15) is 57.0 Å². The third-order valence-corrected chi connectivity index (χ3v) is 8.28. The van der Waals surface area contributed by atoms with Gasteiger partial charge in [0.05, 0.1) is 30.5 Å². The third kappa shape index (κ3) is 5.86. The first kappa shape index (κ1) is 26.6. The Morgan fingerprint density at radius 1 is 0.949 bits per heavy atom. The summed E-state index contributed by atoms with van der Waals surface area (Å²) in [5.41, 5.74) is 2.17. The van der Waals surface area contributed by atoms with Crippen LogP contribution in [0.2, 0.25) is 0 Å². The predicted octanol–water partition coefficient (Wildman–Crippen LogP) is 6.10. The van der Waals surface area contributed by atoms with Gasteiger partial charge in [0.25, 0.3) is 5.91 Å². The first-order valence-electron chi connectivity index (χ1n) is 12.7. The van der Waals surface area contributed by atoms with Crippen molar-refractivity contribution in [2.75, 3.05) is 0 Å². The van der Waals surface area contributed by atoms with Gasteiger partial charge in [-0.1, -0.05) is 37.6 Å². The molecule has 0 saturated carbocycles. The maximum atomic E-state index is 13.7. The van der Waals surface area contributed by atoms with Gasteiger partial charge in [-0.3, -0.25) is 14.6 Å². The van der Waals surface area contributed by atoms with Crippen LogP contribution in [0.3, 0.4) is 0 Å². The van der Waals surface area contributed by atoms with Gasteiger partial charge in [0.1, 0.15) is 11.5 Å². The van der Waals surface area contributed by atoms with E-state index in [1.54, 1.807) is 52.8 Å². The quantitative estimate of drug-likeness (QED) is 0.177. The van der Waals surface area contributed by atoms with Crippen LogP contribution in [-0.2, 0) is 30.8 Å². The SMILES string of the molecule is CCCCc1ncc(/C=C2/C(=O)N(Cc3cccs3)C(=O)N2Cc2cccs2)n1Cc1ccc(C(=O)O)cc1. The second-order valence-electron chi connectivity index (χ2n) is 9.24. The molecule has 0 aliphatic carbocycles. The van der Waals surface area contributed by atoms with E-state index in [0.29, 0.717) is 24.5 Å². The van der Waals surface area contributed by atoms with Crippen LogP contribution in [0.25, 0.3) is 6.08 Å². The number of imidazole rings is 1. The van der Waals surface area contributed by atoms with Gasteiger partial charge in [0, 0.05) is 22.7 Å². The molecule has 1 aliphatic rings. The molecule has 0 bridgehead atoms. The minimum atomic E-state index is -0.972. The van der Waals surface area contributed by atoms with Crippen LogP contribution in [0.5, 0.6) is 0 Å². The van der Waals surface area contributed by atoms with E-state index in [9.17, 15) is 19.5 Å². The number of carbonyl (C=O) groups excluding carboxylic acids is 2. The first-order chi connectivity index (χ1) is 18.9. The van der Waals surface area contributed by atoms with E-state index < -0.39 is 5.97 Å². The summed E-state index contributed by atoms with van der Waals surface area (Å²) in [6, 6.07) is 14.1. The molecule has 10 heteroatoms. The molecule has 1 aliphatic heterocycles. The number of hydrogen-bond donors (Lipinski definition) is 1. The molecule has 1 fully saturated rings. The Bertz CT molecular complexity index is 1490. The lowest BCUT2D eigenvalue weighted by atomic mass is 10.1. The maximum absolute atomic E-state index is 13.7. The van der Waals surface area contributed by atoms with Crippen molar-refractivity contribution in [2.24, 2.45) is 0 Å². The van der Waals surface area contributed by atoms with Gasteiger partial charge in [-0.25, -0.2) is 14.6 Å². The number of benzene rings is 1. The molecule has 4 aromatic rings. The number of imide groups is 1. The van der Waals surface area contributed by atoms with Crippen molar-refractivity contribution in [3.8, 4) is 0 Å². The molecule has 5 rings (SSSR count). The fourth-order valence-corrected chi connectivity index (χ4v) is 5.86. The molecule has 1 N–H and O–H groups in total. The minimum Gasteiger partial charge on any atom is -0.478 e. The van der Waals surface area contributed by atoms with E-state index in [1.807, 2.05) is 39.6 Å². The molecule has 39 heavy (non-hydrogen) atoms. The summed E-state index contributed by atoms with van der Waals surface area (Å²) in [4.78, 5) is 47.9. The van der Waals surface area contributed by atoms with Crippen molar-refractivity contribution in [3.63, 3.8) is 0 Å². The molecule has 3 aromatic heterocycles. The molecule has 200 valence electrons. The van der Waals surface area contributed by atoms with E-state index in [-0.39, 0.29) is 24.0 Å². The summed E-state index contributed by atoms with van der Waals surface area (Å²) >= 11 is 3.05. The van der Waals surface area contributed by atoms with Gasteiger partial charge in [-0.15, -0.1) is 22.7 Å². The van der Waals surface area contributed by atoms with E-state index in [1.165, 1.54) is 16.2 Å². The predicted molar refractivity (Wildman–Crippen MR) is 151 cm³/mol. The summed E-state index contributed by atoms with van der Waals surface area (Å²) in [5.74, 6) is -0.428. The number of urea groups is 1. The van der Waals surface area contributed by atoms with E-state index in [0.717, 1.165) is 40.4 Å². The first-order valence-corrected chi connectivity index (χ1v) is 14.5. The Balaban J connectivity index is 1.52. The molecule has 0 atom stereocenters. The Morgan fingerprint density at radius 2 is 1.62 bits per heavy atom. The van der Waals surface area contributed by atoms with Gasteiger partial charge in [-0.05, 0) is 53.1 Å². The number of carbonyl (C=O) groups is 3. The zero-order valence-electron chi connectivity index (χ0n) is 21.4. The Labute approximate surface area is 234 Å². The van der Waals surface area contributed by atoms with E-state index >= 15 is 0 Å². The smallest absolute Gasteiger partial charge is 0.335 e. The van der Waals surface area contributed by atoms with Crippen molar-refractivity contribution in [1.29, 1.82) is 0 Å². The highest BCUT2D eigenvalue weighted by Gasteiger charge is 2.41. The average Bonchev–Trinajstić information content (AvgIpc) is 3.74. The van der Waals surface area contributed by atoms with Gasteiger partial charge in [-0.2, -0.15) is 0 Å². The number of nitrogens with zero attached hydrogens (tertiary/aromatic N) is 4. The molecule has 0 unspecified atom stereocenters. The summed E-state index contributed by atoms with van der Waals surface area (Å²) in [6.07, 6.45) is 6.24. The highest BCUT2D eigenvalue weighted by molar-refractivity contribution is 7.10. The fraction of sp³-hybridized carbons (Fsp3) is 0.241. The van der Waals surface area contributed by atoms with Crippen LogP contribution >= 0.6 is 22.7 Å². The number of thiophene rings is 2. The third-order valence-electron chi connectivity index (χ3n) is 6.55. The van der Waals surface area contributed by atoms with Crippen molar-refractivity contribution < 1.29 is 19.5 Å². The van der Waals surface area contributed by atoms with Crippen LogP contribution in [0.4, 0.5) is 4.79 Å². The molecule has 3 amide bonds. The van der Waals surface area contributed by atoms with Crippen molar-refractivity contribution >= 4 is 46.7 Å². The number of rotatable bonds is 11. The highest BCUT2D eigenvalue weighted by Crippen LogP contribution is 2.29. The Kier molecular flexibility index (Phi) is 8.04. The number of aryl methyl sites for hydroxylation is 1. The standard InChI is InChI=1S/C29H28N4O4S2/c1-2-3-8-26-30-16-22(31(26)17-20-9-11-21(12-10-20)28(35)36)15-25-27(34)33(19-24-7-5-14-39-24)29(37)32(25)18-23-6-4-13-38-23/h4-7,9-16H,2-3,8,17-19H2,1H3,(H,35,36)/b25-15-. The van der Waals surface area contributed by atoms with Crippen LogP contribution in [0.15, 0.2) is 71.2 Å². The number of carboxylic acids is 1. The van der Waals surface area contributed by atoms with E-state index in [2.05, 4.69) is 11.9 Å². The van der Waals surface area contributed by atoms with Gasteiger partial charge < -0.3 is 9.67 Å². The minimum absolute atomic E-state index is 0.225. The zero-order valence-corrected chi connectivity index (χ0v) is 23.1. The second kappa shape index (κ2) is 11.8. The normalized spacial score (nSPS) is 14.6. The molecule has 1 aromatic carbocycles. The highest BCUT2D eigenvalue weighted by atomic mass is 32.1.